The van der Waals surface area contributed by atoms with Crippen LogP contribution in [-0.2, 0) is 26.6 Å². The van der Waals surface area contributed by atoms with Crippen molar-refractivity contribution in [3.05, 3.63) is 96.6 Å². The average molecular weight is 538 g/mol. The number of sulfonamides is 2. The van der Waals surface area contributed by atoms with Crippen LogP contribution in [0.2, 0.25) is 0 Å². The van der Waals surface area contributed by atoms with Gasteiger partial charge in [0.05, 0.1) is 22.1 Å². The van der Waals surface area contributed by atoms with Gasteiger partial charge in [-0.05, 0) is 42.7 Å². The third-order valence-electron chi connectivity index (χ3n) is 5.47. The number of rotatable bonds is 12. The summed E-state index contributed by atoms with van der Waals surface area (Å²) >= 11 is 0. The lowest BCUT2D eigenvalue weighted by Crippen LogP contribution is -2.56. The van der Waals surface area contributed by atoms with E-state index in [-0.39, 0.29) is 22.2 Å². The normalized spacial score (nSPS) is 13.7. The quantitative estimate of drug-likeness (QED) is 0.335. The minimum absolute atomic E-state index is 0. The van der Waals surface area contributed by atoms with E-state index >= 15 is 0 Å². The lowest BCUT2D eigenvalue weighted by Gasteiger charge is -2.37. The van der Waals surface area contributed by atoms with Crippen LogP contribution in [0.15, 0.2) is 101 Å². The molecule has 0 spiro atoms. The molecule has 0 saturated carbocycles. The van der Waals surface area contributed by atoms with Crippen LogP contribution in [-0.4, -0.2) is 34.1 Å². The first-order valence-electron chi connectivity index (χ1n) is 11.2. The minimum Gasteiger partial charge on any atom is -0.266 e. The van der Waals surface area contributed by atoms with Gasteiger partial charge in [-0.15, -0.1) is 12.4 Å². The van der Waals surface area contributed by atoms with E-state index in [9.17, 15) is 16.8 Å². The molecule has 3 aromatic carbocycles. The van der Waals surface area contributed by atoms with Crippen LogP contribution in [0, 0.1) is 0 Å². The highest BCUT2D eigenvalue weighted by Gasteiger charge is 2.31. The SMILES string of the molecule is CCC(NS(=O)(=O)c1ccccc1)N(Cc1ccccc1)C(CC)NS(=O)(=O)c1ccccc1.Cl. The zero-order valence-electron chi connectivity index (χ0n) is 19.7. The van der Waals surface area contributed by atoms with Gasteiger partial charge in [-0.3, -0.25) is 4.90 Å². The molecule has 0 saturated heterocycles. The van der Waals surface area contributed by atoms with Crippen LogP contribution in [0.1, 0.15) is 32.3 Å². The molecule has 0 aliphatic rings. The van der Waals surface area contributed by atoms with Gasteiger partial charge < -0.3 is 0 Å². The number of benzene rings is 3. The summed E-state index contributed by atoms with van der Waals surface area (Å²) in [6, 6.07) is 25.9. The third-order valence-corrected chi connectivity index (χ3v) is 8.42. The van der Waals surface area contributed by atoms with Crippen molar-refractivity contribution in [2.75, 3.05) is 0 Å². The van der Waals surface area contributed by atoms with Gasteiger partial charge >= 0.3 is 0 Å². The van der Waals surface area contributed by atoms with Gasteiger partial charge in [-0.2, -0.15) is 9.44 Å². The first kappa shape index (κ1) is 29.0. The second-order valence-electron chi connectivity index (χ2n) is 7.87. The molecule has 190 valence electrons. The summed E-state index contributed by atoms with van der Waals surface area (Å²) in [5.74, 6) is 0. The van der Waals surface area contributed by atoms with Crippen molar-refractivity contribution in [2.45, 2.75) is 55.4 Å². The molecule has 3 rings (SSSR count). The van der Waals surface area contributed by atoms with Gasteiger partial charge in [0.1, 0.15) is 0 Å². The molecule has 2 atom stereocenters. The third kappa shape index (κ3) is 7.86. The molecule has 0 bridgehead atoms. The Morgan fingerprint density at radius 1 is 0.629 bits per heavy atom. The zero-order chi connectivity index (χ0) is 24.6. The molecule has 3 aromatic rings. The highest BCUT2D eigenvalue weighted by molar-refractivity contribution is 7.89. The Bertz CT molecular complexity index is 1160. The van der Waals surface area contributed by atoms with E-state index in [0.717, 1.165) is 5.56 Å². The topological polar surface area (TPSA) is 95.6 Å². The molecule has 2 N–H and O–H groups in total. The second-order valence-corrected chi connectivity index (χ2v) is 11.3. The van der Waals surface area contributed by atoms with E-state index in [1.54, 1.807) is 36.4 Å². The van der Waals surface area contributed by atoms with Crippen LogP contribution >= 0.6 is 12.4 Å². The van der Waals surface area contributed by atoms with Gasteiger partial charge in [-0.1, -0.05) is 80.6 Å². The van der Waals surface area contributed by atoms with Crippen molar-refractivity contribution >= 4 is 32.5 Å². The first-order valence-corrected chi connectivity index (χ1v) is 14.2. The number of hydrogen-bond donors (Lipinski definition) is 2. The standard InChI is InChI=1S/C25H31N3O4S2.ClH/c1-3-24(26-33(29,30)22-16-10-6-11-17-22)28(20-21-14-8-5-9-15-21)25(4-2)27-34(31,32)23-18-12-7-13-19-23;/h5-19,24-27H,3-4,20H2,1-2H3;1H. The molecule has 7 nitrogen and oxygen atoms in total. The van der Waals surface area contributed by atoms with Gasteiger partial charge in [0.25, 0.3) is 0 Å². The molecule has 0 fully saturated rings. The fourth-order valence-electron chi connectivity index (χ4n) is 3.70. The zero-order valence-corrected chi connectivity index (χ0v) is 22.2. The number of nitrogens with zero attached hydrogens (tertiary/aromatic N) is 1. The van der Waals surface area contributed by atoms with E-state index < -0.39 is 32.4 Å². The summed E-state index contributed by atoms with van der Waals surface area (Å²) in [7, 11) is -7.63. The molecule has 0 heterocycles. The molecule has 10 heteroatoms. The maximum Gasteiger partial charge on any atom is 0.241 e. The fourth-order valence-corrected chi connectivity index (χ4v) is 6.32. The van der Waals surface area contributed by atoms with E-state index in [1.165, 1.54) is 24.3 Å². The maximum atomic E-state index is 13.1. The minimum atomic E-state index is -3.82. The van der Waals surface area contributed by atoms with E-state index in [4.69, 9.17) is 0 Å². The molecule has 0 radical (unpaired) electrons. The first-order chi connectivity index (χ1) is 16.3. The Kier molecular flexibility index (Phi) is 10.9. The number of nitrogens with one attached hydrogen (secondary N) is 2. The summed E-state index contributed by atoms with van der Waals surface area (Å²) in [6.07, 6.45) is -0.423. The van der Waals surface area contributed by atoms with Gasteiger partial charge in [-0.25, -0.2) is 16.8 Å². The summed E-state index contributed by atoms with van der Waals surface area (Å²) in [5, 5.41) is 0. The second kappa shape index (κ2) is 13.2. The van der Waals surface area contributed by atoms with Crippen molar-refractivity contribution in [3.63, 3.8) is 0 Å². The number of hydrogen-bond acceptors (Lipinski definition) is 5. The van der Waals surface area contributed by atoms with Crippen LogP contribution in [0.25, 0.3) is 0 Å². The lowest BCUT2D eigenvalue weighted by molar-refractivity contribution is 0.101. The average Bonchev–Trinajstić information content (AvgIpc) is 2.86. The monoisotopic (exact) mass is 537 g/mol. The van der Waals surface area contributed by atoms with E-state index in [1.807, 2.05) is 49.1 Å². The fraction of sp³-hybridized carbons (Fsp3) is 0.280. The molecule has 0 aromatic heterocycles. The van der Waals surface area contributed by atoms with Gasteiger partial charge in [0.15, 0.2) is 0 Å². The predicted octanol–water partition coefficient (Wildman–Crippen LogP) is 4.34. The van der Waals surface area contributed by atoms with Crippen molar-refractivity contribution in [1.29, 1.82) is 0 Å². The van der Waals surface area contributed by atoms with E-state index in [0.29, 0.717) is 19.4 Å². The highest BCUT2D eigenvalue weighted by atomic mass is 35.5. The van der Waals surface area contributed by atoms with E-state index in [2.05, 4.69) is 9.44 Å². The largest absolute Gasteiger partial charge is 0.266 e. The Hall–Kier alpha value is -2.27. The van der Waals surface area contributed by atoms with Crippen LogP contribution in [0.3, 0.4) is 0 Å². The Morgan fingerprint density at radius 3 is 1.31 bits per heavy atom. The van der Waals surface area contributed by atoms with Crippen molar-refractivity contribution < 1.29 is 16.8 Å². The van der Waals surface area contributed by atoms with Crippen LogP contribution in [0.4, 0.5) is 0 Å². The van der Waals surface area contributed by atoms with Crippen LogP contribution < -0.4 is 9.44 Å². The number of halogens is 1. The smallest absolute Gasteiger partial charge is 0.241 e. The van der Waals surface area contributed by atoms with Crippen molar-refractivity contribution in [2.24, 2.45) is 0 Å². The Balaban J connectivity index is 0.00000432. The Morgan fingerprint density at radius 2 is 0.971 bits per heavy atom. The summed E-state index contributed by atoms with van der Waals surface area (Å²) in [5.41, 5.74) is 0.942. The van der Waals surface area contributed by atoms with Crippen LogP contribution in [0.5, 0.6) is 0 Å². The van der Waals surface area contributed by atoms with Gasteiger partial charge in [0, 0.05) is 6.54 Å². The van der Waals surface area contributed by atoms with Crippen molar-refractivity contribution in [3.8, 4) is 0 Å². The maximum absolute atomic E-state index is 13.1. The molecule has 35 heavy (non-hydrogen) atoms. The Labute approximate surface area is 215 Å². The molecule has 0 aliphatic carbocycles. The predicted molar refractivity (Wildman–Crippen MR) is 141 cm³/mol. The van der Waals surface area contributed by atoms with Crippen molar-refractivity contribution in [1.82, 2.24) is 14.3 Å². The van der Waals surface area contributed by atoms with Gasteiger partial charge in [0.2, 0.25) is 20.0 Å². The summed E-state index contributed by atoms with van der Waals surface area (Å²) in [4.78, 5) is 2.17. The molecule has 0 amide bonds. The molecular weight excluding hydrogens is 506 g/mol. The lowest BCUT2D eigenvalue weighted by atomic mass is 10.1. The molecule has 2 unspecified atom stereocenters. The summed E-state index contributed by atoms with van der Waals surface area (Å²) < 4.78 is 58.0. The highest BCUT2D eigenvalue weighted by Crippen LogP contribution is 2.19. The molecule has 0 aliphatic heterocycles. The molecular formula is C25H32ClN3O4S2. The summed E-state index contributed by atoms with van der Waals surface area (Å²) in [6.45, 7) is 4.09.